The van der Waals surface area contributed by atoms with Gasteiger partial charge in [-0.3, -0.25) is 9.59 Å². The Kier molecular flexibility index (Phi) is 4.25. The van der Waals surface area contributed by atoms with Crippen molar-refractivity contribution >= 4 is 11.8 Å². The van der Waals surface area contributed by atoms with E-state index in [-0.39, 0.29) is 30.1 Å². The molecule has 0 spiro atoms. The maximum atomic E-state index is 11.8. The van der Waals surface area contributed by atoms with Gasteiger partial charge in [-0.15, -0.1) is 0 Å². The minimum atomic E-state index is -0.333. The summed E-state index contributed by atoms with van der Waals surface area (Å²) in [6, 6.07) is 1.60. The Balaban J connectivity index is 2.56. The molecule has 0 atom stereocenters. The predicted molar refractivity (Wildman–Crippen MR) is 61.5 cm³/mol. The Morgan fingerprint density at radius 1 is 1.53 bits per heavy atom. The Morgan fingerprint density at radius 2 is 2.18 bits per heavy atom. The van der Waals surface area contributed by atoms with Crippen LogP contribution in [-0.2, 0) is 4.79 Å². The standard InChI is InChI=1S/C11H17N3O3/c1-7(2)12-10(15)6-14(4)11(16)9-5-8(3)17-13-9/h5,7H,6H2,1-4H3,(H,12,15). The van der Waals surface area contributed by atoms with E-state index < -0.39 is 0 Å². The lowest BCUT2D eigenvalue weighted by Crippen LogP contribution is -2.40. The Hall–Kier alpha value is -1.85. The van der Waals surface area contributed by atoms with Gasteiger partial charge in [0.1, 0.15) is 5.76 Å². The van der Waals surface area contributed by atoms with Gasteiger partial charge in [0.2, 0.25) is 5.91 Å². The molecule has 2 amide bonds. The van der Waals surface area contributed by atoms with Crippen molar-refractivity contribution < 1.29 is 14.1 Å². The molecule has 1 aromatic heterocycles. The highest BCUT2D eigenvalue weighted by Gasteiger charge is 2.18. The summed E-state index contributed by atoms with van der Waals surface area (Å²) in [5.74, 6) is 0.0326. The van der Waals surface area contributed by atoms with E-state index in [1.807, 2.05) is 13.8 Å². The Labute approximate surface area is 99.9 Å². The van der Waals surface area contributed by atoms with E-state index in [4.69, 9.17) is 4.52 Å². The number of carbonyl (C=O) groups is 2. The molecule has 6 nitrogen and oxygen atoms in total. The summed E-state index contributed by atoms with van der Waals surface area (Å²) in [7, 11) is 1.55. The number of aromatic nitrogens is 1. The summed E-state index contributed by atoms with van der Waals surface area (Å²) >= 11 is 0. The van der Waals surface area contributed by atoms with E-state index in [2.05, 4.69) is 10.5 Å². The second-order valence-electron chi connectivity index (χ2n) is 4.21. The van der Waals surface area contributed by atoms with Crippen LogP contribution in [0.1, 0.15) is 30.1 Å². The zero-order valence-corrected chi connectivity index (χ0v) is 10.5. The topological polar surface area (TPSA) is 75.4 Å². The lowest BCUT2D eigenvalue weighted by Gasteiger charge is -2.16. The highest BCUT2D eigenvalue weighted by Crippen LogP contribution is 2.04. The van der Waals surface area contributed by atoms with Gasteiger partial charge >= 0.3 is 0 Å². The van der Waals surface area contributed by atoms with Gasteiger partial charge in [0, 0.05) is 19.2 Å². The van der Waals surface area contributed by atoms with Crippen molar-refractivity contribution in [1.29, 1.82) is 0 Å². The van der Waals surface area contributed by atoms with Crippen LogP contribution in [-0.4, -0.2) is 41.5 Å². The van der Waals surface area contributed by atoms with Crippen LogP contribution in [0, 0.1) is 6.92 Å². The lowest BCUT2D eigenvalue weighted by molar-refractivity contribution is -0.122. The number of hydrogen-bond acceptors (Lipinski definition) is 4. The second kappa shape index (κ2) is 5.47. The van der Waals surface area contributed by atoms with Gasteiger partial charge in [-0.05, 0) is 20.8 Å². The molecule has 1 rings (SSSR count). The first-order chi connectivity index (χ1) is 7.90. The smallest absolute Gasteiger partial charge is 0.276 e. The molecular weight excluding hydrogens is 222 g/mol. The highest BCUT2D eigenvalue weighted by atomic mass is 16.5. The van der Waals surface area contributed by atoms with Crippen LogP contribution in [0.5, 0.6) is 0 Å². The van der Waals surface area contributed by atoms with Gasteiger partial charge in [-0.25, -0.2) is 0 Å². The maximum absolute atomic E-state index is 11.8. The fraction of sp³-hybridized carbons (Fsp3) is 0.545. The molecule has 0 aliphatic rings. The summed E-state index contributed by atoms with van der Waals surface area (Å²) in [4.78, 5) is 24.6. The lowest BCUT2D eigenvalue weighted by atomic mass is 10.3. The van der Waals surface area contributed by atoms with Crippen LogP contribution in [0.15, 0.2) is 10.6 Å². The van der Waals surface area contributed by atoms with Crippen LogP contribution in [0.2, 0.25) is 0 Å². The van der Waals surface area contributed by atoms with Crippen LogP contribution >= 0.6 is 0 Å². The van der Waals surface area contributed by atoms with Crippen molar-refractivity contribution in [3.05, 3.63) is 17.5 Å². The van der Waals surface area contributed by atoms with Crippen molar-refractivity contribution in [3.63, 3.8) is 0 Å². The van der Waals surface area contributed by atoms with Crippen LogP contribution in [0.4, 0.5) is 0 Å². The number of nitrogens with one attached hydrogen (secondary N) is 1. The van der Waals surface area contributed by atoms with Crippen molar-refractivity contribution in [2.45, 2.75) is 26.8 Å². The van der Waals surface area contributed by atoms with Crippen molar-refractivity contribution in [2.24, 2.45) is 0 Å². The third kappa shape index (κ3) is 3.90. The zero-order valence-electron chi connectivity index (χ0n) is 10.5. The molecule has 0 unspecified atom stereocenters. The Morgan fingerprint density at radius 3 is 2.65 bits per heavy atom. The van der Waals surface area contributed by atoms with E-state index in [0.29, 0.717) is 5.76 Å². The number of likely N-dealkylation sites (N-methyl/N-ethyl adjacent to an activating group) is 1. The zero-order chi connectivity index (χ0) is 13.0. The van der Waals surface area contributed by atoms with E-state index in [1.54, 1.807) is 20.0 Å². The number of hydrogen-bond donors (Lipinski definition) is 1. The number of rotatable bonds is 4. The Bertz CT molecular complexity index is 412. The highest BCUT2D eigenvalue weighted by molar-refractivity contribution is 5.94. The molecule has 0 aliphatic carbocycles. The molecule has 1 aromatic rings. The van der Waals surface area contributed by atoms with Gasteiger partial charge < -0.3 is 14.7 Å². The minimum Gasteiger partial charge on any atom is -0.361 e. The number of amides is 2. The first-order valence-corrected chi connectivity index (χ1v) is 5.38. The molecule has 0 saturated carbocycles. The minimum absolute atomic E-state index is 0.00290. The maximum Gasteiger partial charge on any atom is 0.276 e. The van der Waals surface area contributed by atoms with E-state index in [9.17, 15) is 9.59 Å². The normalized spacial score (nSPS) is 10.4. The molecule has 0 saturated heterocycles. The fourth-order valence-corrected chi connectivity index (χ4v) is 1.32. The van der Waals surface area contributed by atoms with Crippen molar-refractivity contribution in [1.82, 2.24) is 15.4 Å². The predicted octanol–water partition coefficient (Wildman–Crippen LogP) is 0.580. The van der Waals surface area contributed by atoms with E-state index in [0.717, 1.165) is 0 Å². The second-order valence-corrected chi connectivity index (χ2v) is 4.21. The molecule has 0 aliphatic heterocycles. The molecule has 0 fully saturated rings. The van der Waals surface area contributed by atoms with Gasteiger partial charge in [0.05, 0.1) is 6.54 Å². The molecule has 17 heavy (non-hydrogen) atoms. The molecule has 1 heterocycles. The van der Waals surface area contributed by atoms with Crippen molar-refractivity contribution in [2.75, 3.05) is 13.6 Å². The van der Waals surface area contributed by atoms with Gasteiger partial charge in [-0.2, -0.15) is 0 Å². The number of aryl methyl sites for hydroxylation is 1. The summed E-state index contributed by atoms with van der Waals surface area (Å²) in [5.41, 5.74) is 0.211. The summed E-state index contributed by atoms with van der Waals surface area (Å²) < 4.78 is 4.81. The van der Waals surface area contributed by atoms with Crippen LogP contribution in [0.25, 0.3) is 0 Å². The van der Waals surface area contributed by atoms with Gasteiger partial charge in [-0.1, -0.05) is 5.16 Å². The molecule has 94 valence electrons. The van der Waals surface area contributed by atoms with E-state index in [1.165, 1.54) is 4.90 Å². The number of carbonyl (C=O) groups excluding carboxylic acids is 2. The van der Waals surface area contributed by atoms with Gasteiger partial charge in [0.15, 0.2) is 5.69 Å². The fourth-order valence-electron chi connectivity index (χ4n) is 1.32. The van der Waals surface area contributed by atoms with Crippen LogP contribution < -0.4 is 5.32 Å². The summed E-state index contributed by atoms with van der Waals surface area (Å²) in [6.07, 6.45) is 0. The van der Waals surface area contributed by atoms with Crippen LogP contribution in [0.3, 0.4) is 0 Å². The van der Waals surface area contributed by atoms with Gasteiger partial charge in [0.25, 0.3) is 5.91 Å². The molecular formula is C11H17N3O3. The van der Waals surface area contributed by atoms with Crippen molar-refractivity contribution in [3.8, 4) is 0 Å². The first kappa shape index (κ1) is 13.2. The monoisotopic (exact) mass is 239 g/mol. The molecule has 0 aromatic carbocycles. The average molecular weight is 239 g/mol. The average Bonchev–Trinajstić information content (AvgIpc) is 2.62. The summed E-state index contributed by atoms with van der Waals surface area (Å²) in [5, 5.41) is 6.32. The molecule has 6 heteroatoms. The van der Waals surface area contributed by atoms with E-state index >= 15 is 0 Å². The third-order valence-electron chi connectivity index (χ3n) is 2.02. The number of nitrogens with zero attached hydrogens (tertiary/aromatic N) is 2. The largest absolute Gasteiger partial charge is 0.361 e. The molecule has 0 radical (unpaired) electrons. The molecule has 0 bridgehead atoms. The summed E-state index contributed by atoms with van der Waals surface area (Å²) in [6.45, 7) is 5.43. The molecule has 1 N–H and O–H groups in total. The first-order valence-electron chi connectivity index (χ1n) is 5.38. The third-order valence-corrected chi connectivity index (χ3v) is 2.02. The quantitative estimate of drug-likeness (QED) is 0.834. The SMILES string of the molecule is Cc1cc(C(=O)N(C)CC(=O)NC(C)C)no1.